The molecule has 10 heteroatoms. The molecular weight excluding hydrogens is 405 g/mol. The number of benzene rings is 1. The Morgan fingerprint density at radius 2 is 1.52 bits per heavy atom. The topological polar surface area (TPSA) is 74.6 Å². The molecule has 0 fully saturated rings. The highest BCUT2D eigenvalue weighted by Crippen LogP contribution is 2.42. The second kappa shape index (κ2) is 6.97. The lowest BCUT2D eigenvalue weighted by Crippen LogP contribution is -2.33. The summed E-state index contributed by atoms with van der Waals surface area (Å²) in [6.07, 6.45) is -0.798. The Morgan fingerprint density at radius 1 is 1.05 bits per heavy atom. The fraction of sp³-hybridized carbons (Fsp3) is 0.455. The van der Waals surface area contributed by atoms with Gasteiger partial charge in [0.2, 0.25) is 0 Å². The third-order valence-electron chi connectivity index (χ3n) is 2.67. The molecule has 120 valence electrons. The van der Waals surface area contributed by atoms with Crippen molar-refractivity contribution in [3.63, 3.8) is 0 Å². The largest absolute Gasteiger partial charge is 0.385 e. The van der Waals surface area contributed by atoms with Crippen molar-refractivity contribution in [2.75, 3.05) is 5.75 Å². The van der Waals surface area contributed by atoms with E-state index in [9.17, 15) is 13.5 Å². The van der Waals surface area contributed by atoms with Gasteiger partial charge < -0.3 is 5.11 Å². The lowest BCUT2D eigenvalue weighted by molar-refractivity contribution is 0.0250. The zero-order valence-electron chi connectivity index (χ0n) is 10.4. The van der Waals surface area contributed by atoms with E-state index in [1.54, 1.807) is 0 Å². The van der Waals surface area contributed by atoms with Gasteiger partial charge in [0.1, 0.15) is 0 Å². The Labute approximate surface area is 147 Å². The summed E-state index contributed by atoms with van der Waals surface area (Å²) in [6, 6.07) is 4.20. The van der Waals surface area contributed by atoms with Crippen molar-refractivity contribution < 1.29 is 18.1 Å². The molecule has 0 aromatic heterocycles. The van der Waals surface area contributed by atoms with Crippen LogP contribution in [0.25, 0.3) is 0 Å². The van der Waals surface area contributed by atoms with Crippen molar-refractivity contribution in [1.29, 1.82) is 0 Å². The summed E-state index contributed by atoms with van der Waals surface area (Å²) < 4.78 is 28.8. The third kappa shape index (κ3) is 7.10. The maximum absolute atomic E-state index is 10.9. The summed E-state index contributed by atoms with van der Waals surface area (Å²) in [6.45, 7) is 0. The lowest BCUT2D eigenvalue weighted by Gasteiger charge is -2.31. The number of halogens is 5. The first-order chi connectivity index (χ1) is 9.31. The molecule has 0 aliphatic rings. The number of alkyl halides is 3. The van der Waals surface area contributed by atoms with Gasteiger partial charge in [-0.25, -0.2) is 0 Å². The van der Waals surface area contributed by atoms with Crippen LogP contribution in [0.3, 0.4) is 0 Å². The Bertz CT molecular complexity index is 593. The van der Waals surface area contributed by atoms with E-state index < -0.39 is 38.1 Å². The Kier molecular flexibility index (Phi) is 6.50. The standard InChI is InChI=1S/C11H11Cl5O4S/c12-8-3-7(4-9(13)5-8)10(17,6-11(14,15)16)1-2-21(18,19)20/h3-5,17H,1-2,6H2,(H,18,19,20). The van der Waals surface area contributed by atoms with Crippen LogP contribution in [-0.2, 0) is 15.7 Å². The Balaban J connectivity index is 3.23. The number of rotatable bonds is 5. The molecule has 0 aliphatic carbocycles. The van der Waals surface area contributed by atoms with Gasteiger partial charge in [-0.2, -0.15) is 8.42 Å². The molecule has 0 saturated heterocycles. The van der Waals surface area contributed by atoms with Gasteiger partial charge in [0.25, 0.3) is 10.1 Å². The van der Waals surface area contributed by atoms with Crippen LogP contribution >= 0.6 is 58.0 Å². The van der Waals surface area contributed by atoms with Gasteiger partial charge in [-0.3, -0.25) is 4.55 Å². The van der Waals surface area contributed by atoms with E-state index in [0.29, 0.717) is 0 Å². The van der Waals surface area contributed by atoms with Crippen molar-refractivity contribution in [1.82, 2.24) is 0 Å². The molecule has 21 heavy (non-hydrogen) atoms. The molecule has 0 bridgehead atoms. The summed E-state index contributed by atoms with van der Waals surface area (Å²) in [5.74, 6) is -0.714. The average molecular weight is 417 g/mol. The predicted octanol–water partition coefficient (Wildman–Crippen LogP) is 4.22. The molecular formula is C11H11Cl5O4S. The van der Waals surface area contributed by atoms with Crippen LogP contribution in [0.5, 0.6) is 0 Å². The molecule has 0 amide bonds. The summed E-state index contributed by atoms with van der Waals surface area (Å²) >= 11 is 28.8. The van der Waals surface area contributed by atoms with Crippen molar-refractivity contribution in [3.05, 3.63) is 33.8 Å². The quantitative estimate of drug-likeness (QED) is 0.557. The fourth-order valence-corrected chi connectivity index (χ4v) is 3.57. The Morgan fingerprint density at radius 3 is 1.90 bits per heavy atom. The maximum atomic E-state index is 10.9. The summed E-state index contributed by atoms with van der Waals surface area (Å²) in [7, 11) is -4.30. The SMILES string of the molecule is O=S(=O)(O)CCC(O)(CC(Cl)(Cl)Cl)c1cc(Cl)cc(Cl)c1. The van der Waals surface area contributed by atoms with Crippen LogP contribution in [0.1, 0.15) is 18.4 Å². The van der Waals surface area contributed by atoms with Gasteiger partial charge >= 0.3 is 0 Å². The predicted molar refractivity (Wildman–Crippen MR) is 86.3 cm³/mol. The number of hydrogen-bond acceptors (Lipinski definition) is 3. The monoisotopic (exact) mass is 414 g/mol. The Hall–Kier alpha value is 0.540. The molecule has 0 aliphatic heterocycles. The molecule has 0 saturated carbocycles. The highest BCUT2D eigenvalue weighted by Gasteiger charge is 2.39. The van der Waals surface area contributed by atoms with E-state index >= 15 is 0 Å². The minimum absolute atomic E-state index is 0.190. The lowest BCUT2D eigenvalue weighted by atomic mass is 9.88. The van der Waals surface area contributed by atoms with Crippen molar-refractivity contribution in [3.8, 4) is 0 Å². The number of hydrogen-bond donors (Lipinski definition) is 2. The van der Waals surface area contributed by atoms with Crippen molar-refractivity contribution >= 4 is 68.1 Å². The first-order valence-electron chi connectivity index (χ1n) is 5.52. The summed E-state index contributed by atoms with van der Waals surface area (Å²) in [5.41, 5.74) is -1.65. The molecule has 1 unspecified atom stereocenters. The average Bonchev–Trinajstić information content (AvgIpc) is 2.22. The van der Waals surface area contributed by atoms with Crippen LogP contribution in [0.2, 0.25) is 10.0 Å². The van der Waals surface area contributed by atoms with Gasteiger partial charge in [0.15, 0.2) is 3.79 Å². The van der Waals surface area contributed by atoms with Gasteiger partial charge in [0.05, 0.1) is 11.4 Å². The summed E-state index contributed by atoms with van der Waals surface area (Å²) in [5, 5.41) is 11.1. The van der Waals surface area contributed by atoms with E-state index in [1.165, 1.54) is 18.2 Å². The molecule has 2 N–H and O–H groups in total. The first kappa shape index (κ1) is 19.6. The zero-order chi connectivity index (χ0) is 16.5. The van der Waals surface area contributed by atoms with Gasteiger partial charge in [-0.15, -0.1) is 0 Å². The highest BCUT2D eigenvalue weighted by molar-refractivity contribution is 7.85. The molecule has 1 aromatic carbocycles. The van der Waals surface area contributed by atoms with Crippen molar-refractivity contribution in [2.45, 2.75) is 22.2 Å². The molecule has 1 rings (SSSR count). The maximum Gasteiger partial charge on any atom is 0.264 e. The van der Waals surface area contributed by atoms with Gasteiger partial charge in [-0.1, -0.05) is 58.0 Å². The normalized spacial score (nSPS) is 15.8. The van der Waals surface area contributed by atoms with E-state index in [4.69, 9.17) is 62.6 Å². The minimum atomic E-state index is -4.30. The third-order valence-corrected chi connectivity index (χ3v) is 4.22. The van der Waals surface area contributed by atoms with Gasteiger partial charge in [0, 0.05) is 16.5 Å². The van der Waals surface area contributed by atoms with E-state index in [1.807, 2.05) is 0 Å². The first-order valence-corrected chi connectivity index (χ1v) is 9.01. The zero-order valence-corrected chi connectivity index (χ0v) is 15.0. The van der Waals surface area contributed by atoms with Crippen molar-refractivity contribution in [2.24, 2.45) is 0 Å². The fourth-order valence-electron chi connectivity index (χ4n) is 1.79. The van der Waals surface area contributed by atoms with E-state index in [2.05, 4.69) is 0 Å². The van der Waals surface area contributed by atoms with Crippen LogP contribution in [0, 0.1) is 0 Å². The molecule has 0 radical (unpaired) electrons. The molecule has 1 atom stereocenters. The van der Waals surface area contributed by atoms with Gasteiger partial charge in [-0.05, 0) is 30.2 Å². The van der Waals surface area contributed by atoms with E-state index in [0.717, 1.165) is 0 Å². The molecule has 0 spiro atoms. The smallest absolute Gasteiger partial charge is 0.264 e. The molecule has 1 aromatic rings. The molecule has 0 heterocycles. The van der Waals surface area contributed by atoms with Crippen LogP contribution in [0.15, 0.2) is 18.2 Å². The minimum Gasteiger partial charge on any atom is -0.385 e. The summed E-state index contributed by atoms with van der Waals surface area (Å²) in [4.78, 5) is 0. The second-order valence-electron chi connectivity index (χ2n) is 4.52. The van der Waals surface area contributed by atoms with Crippen LogP contribution < -0.4 is 0 Å². The molecule has 4 nitrogen and oxygen atoms in total. The number of aliphatic hydroxyl groups is 1. The van der Waals surface area contributed by atoms with E-state index in [-0.39, 0.29) is 15.6 Å². The van der Waals surface area contributed by atoms with Crippen LogP contribution in [0.4, 0.5) is 0 Å². The second-order valence-corrected chi connectivity index (χ2v) is 9.48. The highest BCUT2D eigenvalue weighted by atomic mass is 35.6. The van der Waals surface area contributed by atoms with Crippen LogP contribution in [-0.4, -0.2) is 27.6 Å².